The molecular weight excluding hydrogens is 354 g/mol. The molecule has 27 heavy (non-hydrogen) atoms. The summed E-state index contributed by atoms with van der Waals surface area (Å²) in [7, 11) is 0. The van der Waals surface area contributed by atoms with Crippen LogP contribution in [0.25, 0.3) is 0 Å². The lowest BCUT2D eigenvalue weighted by atomic mass is 9.98. The van der Waals surface area contributed by atoms with Gasteiger partial charge in [0.25, 0.3) is 0 Å². The van der Waals surface area contributed by atoms with Gasteiger partial charge in [0.15, 0.2) is 0 Å². The van der Waals surface area contributed by atoms with E-state index in [0.717, 1.165) is 25.2 Å². The maximum Gasteiger partial charge on any atom is 0.319 e. The van der Waals surface area contributed by atoms with E-state index in [0.29, 0.717) is 6.54 Å². The van der Waals surface area contributed by atoms with Crippen LogP contribution in [0.15, 0.2) is 72.1 Å². The largest absolute Gasteiger partial charge is 0.336 e. The number of para-hydroxylation sites is 1. The number of carbonyl (C=O) groups is 1. The normalized spacial score (nSPS) is 15.0. The summed E-state index contributed by atoms with van der Waals surface area (Å²) in [6.45, 7) is 2.50. The third kappa shape index (κ3) is 4.38. The summed E-state index contributed by atoms with van der Waals surface area (Å²) in [6.07, 6.45) is 1.05. The Morgan fingerprint density at radius 3 is 2.56 bits per heavy atom. The van der Waals surface area contributed by atoms with Crippen LogP contribution >= 0.6 is 11.3 Å². The molecule has 2 heterocycles. The standard InChI is InChI=1S/C22H23N3OS/c26-22(24-19-9-2-1-3-10-19)23-15-20(21-11-6-14-27-21)25-13-12-17-7-4-5-8-18(17)16-25/h1-11,14,20H,12-13,15-16H2,(H2,23,24,26)/t20-/m1/s1. The Labute approximate surface area is 163 Å². The van der Waals surface area contributed by atoms with Gasteiger partial charge in [0, 0.05) is 30.2 Å². The Morgan fingerprint density at radius 1 is 1.00 bits per heavy atom. The van der Waals surface area contributed by atoms with Crippen LogP contribution in [-0.4, -0.2) is 24.0 Å². The Balaban J connectivity index is 1.44. The van der Waals surface area contributed by atoms with Crippen molar-refractivity contribution < 1.29 is 4.79 Å². The van der Waals surface area contributed by atoms with Crippen LogP contribution in [0.3, 0.4) is 0 Å². The highest BCUT2D eigenvalue weighted by Crippen LogP contribution is 2.30. The van der Waals surface area contributed by atoms with Crippen LogP contribution in [0.2, 0.25) is 0 Å². The highest BCUT2D eigenvalue weighted by Gasteiger charge is 2.25. The number of thiophene rings is 1. The first-order chi connectivity index (χ1) is 13.3. The van der Waals surface area contributed by atoms with Crippen molar-refractivity contribution in [1.29, 1.82) is 0 Å². The van der Waals surface area contributed by atoms with Gasteiger partial charge >= 0.3 is 6.03 Å². The fraction of sp³-hybridized carbons (Fsp3) is 0.227. The average Bonchev–Trinajstić information content (AvgIpc) is 3.23. The second kappa shape index (κ2) is 8.37. The first kappa shape index (κ1) is 17.8. The van der Waals surface area contributed by atoms with Gasteiger partial charge in [-0.2, -0.15) is 0 Å². The molecule has 0 saturated carbocycles. The van der Waals surface area contributed by atoms with E-state index in [9.17, 15) is 4.79 Å². The zero-order valence-corrected chi connectivity index (χ0v) is 15.9. The highest BCUT2D eigenvalue weighted by molar-refractivity contribution is 7.10. The van der Waals surface area contributed by atoms with Crippen LogP contribution in [0, 0.1) is 0 Å². The van der Waals surface area contributed by atoms with Crippen molar-refractivity contribution in [2.75, 3.05) is 18.4 Å². The van der Waals surface area contributed by atoms with Crippen molar-refractivity contribution >= 4 is 23.1 Å². The molecule has 1 aliphatic rings. The van der Waals surface area contributed by atoms with Gasteiger partial charge in [-0.25, -0.2) is 4.79 Å². The number of hydrogen-bond acceptors (Lipinski definition) is 3. The fourth-order valence-corrected chi connectivity index (χ4v) is 4.42. The van der Waals surface area contributed by atoms with E-state index in [1.54, 1.807) is 11.3 Å². The number of amides is 2. The summed E-state index contributed by atoms with van der Waals surface area (Å²) in [5.41, 5.74) is 3.63. The second-order valence-corrected chi connectivity index (χ2v) is 7.70. The molecule has 1 atom stereocenters. The SMILES string of the molecule is O=C(NC[C@H](c1cccs1)N1CCc2ccccc2C1)Nc1ccccc1. The van der Waals surface area contributed by atoms with Gasteiger partial charge in [-0.1, -0.05) is 48.5 Å². The van der Waals surface area contributed by atoms with E-state index in [4.69, 9.17) is 0 Å². The number of benzene rings is 2. The van der Waals surface area contributed by atoms with Gasteiger partial charge in [0.05, 0.1) is 6.04 Å². The Hall–Kier alpha value is -2.63. The monoisotopic (exact) mass is 377 g/mol. The van der Waals surface area contributed by atoms with Gasteiger partial charge in [-0.15, -0.1) is 11.3 Å². The van der Waals surface area contributed by atoms with Crippen molar-refractivity contribution in [3.05, 3.63) is 88.1 Å². The van der Waals surface area contributed by atoms with Gasteiger partial charge < -0.3 is 10.6 Å². The number of nitrogens with zero attached hydrogens (tertiary/aromatic N) is 1. The molecule has 138 valence electrons. The Bertz CT molecular complexity index is 880. The number of hydrogen-bond donors (Lipinski definition) is 2. The minimum absolute atomic E-state index is 0.167. The van der Waals surface area contributed by atoms with E-state index < -0.39 is 0 Å². The van der Waals surface area contributed by atoms with Crippen LogP contribution < -0.4 is 10.6 Å². The van der Waals surface area contributed by atoms with Crippen LogP contribution in [0.1, 0.15) is 22.0 Å². The predicted molar refractivity (Wildman–Crippen MR) is 111 cm³/mol. The molecule has 2 N–H and O–H groups in total. The highest BCUT2D eigenvalue weighted by atomic mass is 32.1. The summed E-state index contributed by atoms with van der Waals surface area (Å²) < 4.78 is 0. The summed E-state index contributed by atoms with van der Waals surface area (Å²) >= 11 is 1.75. The maximum absolute atomic E-state index is 12.3. The van der Waals surface area contributed by atoms with E-state index in [1.807, 2.05) is 30.3 Å². The Morgan fingerprint density at radius 2 is 1.78 bits per heavy atom. The molecule has 1 aromatic heterocycles. The number of nitrogens with one attached hydrogen (secondary N) is 2. The summed E-state index contributed by atoms with van der Waals surface area (Å²) in [5.74, 6) is 0. The molecule has 2 amide bonds. The summed E-state index contributed by atoms with van der Waals surface area (Å²) in [5, 5.41) is 8.05. The minimum Gasteiger partial charge on any atom is -0.336 e. The second-order valence-electron chi connectivity index (χ2n) is 6.72. The zero-order valence-electron chi connectivity index (χ0n) is 15.1. The molecular formula is C22H23N3OS. The van der Waals surface area contributed by atoms with Crippen molar-refractivity contribution in [3.63, 3.8) is 0 Å². The number of rotatable bonds is 5. The smallest absolute Gasteiger partial charge is 0.319 e. The maximum atomic E-state index is 12.3. The molecule has 3 aromatic rings. The Kier molecular flexibility index (Phi) is 5.51. The third-order valence-electron chi connectivity index (χ3n) is 4.96. The van der Waals surface area contributed by atoms with E-state index in [2.05, 4.69) is 57.3 Å². The third-order valence-corrected chi connectivity index (χ3v) is 5.93. The molecule has 2 aromatic carbocycles. The average molecular weight is 378 g/mol. The first-order valence-corrected chi connectivity index (χ1v) is 10.1. The molecule has 0 aliphatic carbocycles. The van der Waals surface area contributed by atoms with Gasteiger partial charge in [0.1, 0.15) is 0 Å². The predicted octanol–water partition coefficient (Wildman–Crippen LogP) is 4.67. The van der Waals surface area contributed by atoms with E-state index >= 15 is 0 Å². The number of anilines is 1. The van der Waals surface area contributed by atoms with Crippen molar-refractivity contribution in [2.24, 2.45) is 0 Å². The molecule has 4 rings (SSSR count). The molecule has 0 saturated heterocycles. The van der Waals surface area contributed by atoms with Crippen LogP contribution in [-0.2, 0) is 13.0 Å². The van der Waals surface area contributed by atoms with Crippen LogP contribution in [0.4, 0.5) is 10.5 Å². The van der Waals surface area contributed by atoms with Crippen molar-refractivity contribution in [2.45, 2.75) is 19.0 Å². The minimum atomic E-state index is -0.167. The molecule has 0 fully saturated rings. The molecule has 0 spiro atoms. The number of fused-ring (bicyclic) bond motifs is 1. The lowest BCUT2D eigenvalue weighted by Crippen LogP contribution is -2.41. The quantitative estimate of drug-likeness (QED) is 0.679. The number of carbonyl (C=O) groups excluding carboxylic acids is 1. The summed E-state index contributed by atoms with van der Waals surface area (Å²) in [4.78, 5) is 16.1. The van der Waals surface area contributed by atoms with Gasteiger partial charge in [-0.3, -0.25) is 4.90 Å². The molecule has 0 radical (unpaired) electrons. The lowest BCUT2D eigenvalue weighted by molar-refractivity contribution is 0.178. The van der Waals surface area contributed by atoms with Crippen molar-refractivity contribution in [1.82, 2.24) is 10.2 Å². The molecule has 1 aliphatic heterocycles. The first-order valence-electron chi connectivity index (χ1n) is 9.24. The zero-order chi connectivity index (χ0) is 18.5. The summed E-state index contributed by atoms with van der Waals surface area (Å²) in [6, 6.07) is 22.4. The topological polar surface area (TPSA) is 44.4 Å². The lowest BCUT2D eigenvalue weighted by Gasteiger charge is -2.35. The van der Waals surface area contributed by atoms with E-state index in [-0.39, 0.29) is 12.1 Å². The fourth-order valence-electron chi connectivity index (χ4n) is 3.56. The molecule has 5 heteroatoms. The van der Waals surface area contributed by atoms with E-state index in [1.165, 1.54) is 16.0 Å². The molecule has 4 nitrogen and oxygen atoms in total. The van der Waals surface area contributed by atoms with Gasteiger partial charge in [-0.05, 0) is 41.1 Å². The van der Waals surface area contributed by atoms with Crippen LogP contribution in [0.5, 0.6) is 0 Å². The van der Waals surface area contributed by atoms with Gasteiger partial charge in [0.2, 0.25) is 0 Å². The molecule has 0 bridgehead atoms. The number of urea groups is 1. The molecule has 0 unspecified atom stereocenters. The van der Waals surface area contributed by atoms with Crippen molar-refractivity contribution in [3.8, 4) is 0 Å².